The Balaban J connectivity index is 2.36. The molecule has 110 valence electrons. The van der Waals surface area contributed by atoms with Crippen LogP contribution in [0.2, 0.25) is 0 Å². The molecule has 0 amide bonds. The largest absolute Gasteiger partial charge is 0.497 e. The van der Waals surface area contributed by atoms with Crippen molar-refractivity contribution in [2.45, 2.75) is 26.2 Å². The number of hydrogen-bond acceptors (Lipinski definition) is 4. The van der Waals surface area contributed by atoms with Crippen molar-refractivity contribution in [2.75, 3.05) is 25.1 Å². The molecule has 1 aromatic rings. The highest BCUT2D eigenvalue weighted by Gasteiger charge is 2.22. The van der Waals surface area contributed by atoms with Gasteiger partial charge in [0.25, 0.3) is 0 Å². The first-order valence-electron chi connectivity index (χ1n) is 7.10. The van der Waals surface area contributed by atoms with Crippen molar-refractivity contribution in [1.29, 1.82) is 0 Å². The molecule has 1 atom stereocenters. The second kappa shape index (κ2) is 6.50. The Morgan fingerprint density at radius 1 is 1.55 bits per heavy atom. The molecule has 0 aliphatic carbocycles. The van der Waals surface area contributed by atoms with Gasteiger partial charge in [-0.1, -0.05) is 18.5 Å². The third-order valence-corrected chi connectivity index (χ3v) is 4.03. The number of hydrogen-bond donors (Lipinski definition) is 2. The highest BCUT2D eigenvalue weighted by molar-refractivity contribution is 6.02. The summed E-state index contributed by atoms with van der Waals surface area (Å²) in [4.78, 5) is 2.31. The highest BCUT2D eigenvalue weighted by atomic mass is 16.5. The van der Waals surface area contributed by atoms with E-state index in [0.717, 1.165) is 30.1 Å². The molecule has 1 aromatic carbocycles. The van der Waals surface area contributed by atoms with E-state index >= 15 is 0 Å². The first-order chi connectivity index (χ1) is 9.69. The van der Waals surface area contributed by atoms with E-state index in [-0.39, 0.29) is 5.84 Å². The van der Waals surface area contributed by atoms with Crippen LogP contribution in [0.25, 0.3) is 0 Å². The third-order valence-electron chi connectivity index (χ3n) is 4.03. The predicted molar refractivity (Wildman–Crippen MR) is 80.7 cm³/mol. The molecule has 5 heteroatoms. The van der Waals surface area contributed by atoms with Gasteiger partial charge in [0.1, 0.15) is 5.75 Å². The van der Waals surface area contributed by atoms with Crippen LogP contribution in [0.4, 0.5) is 5.69 Å². The molecule has 1 heterocycles. The van der Waals surface area contributed by atoms with Crippen molar-refractivity contribution in [3.05, 3.63) is 23.8 Å². The summed E-state index contributed by atoms with van der Waals surface area (Å²) in [5, 5.41) is 12.1. The molecule has 0 radical (unpaired) electrons. The van der Waals surface area contributed by atoms with Gasteiger partial charge >= 0.3 is 0 Å². The Hall–Kier alpha value is -1.91. The second-order valence-electron chi connectivity index (χ2n) is 5.23. The van der Waals surface area contributed by atoms with E-state index < -0.39 is 0 Å². The number of nitrogens with two attached hydrogens (primary N) is 1. The fourth-order valence-electron chi connectivity index (χ4n) is 2.79. The van der Waals surface area contributed by atoms with Gasteiger partial charge in [0.15, 0.2) is 5.84 Å². The fourth-order valence-corrected chi connectivity index (χ4v) is 2.79. The molecule has 2 rings (SSSR count). The van der Waals surface area contributed by atoms with E-state index in [0.29, 0.717) is 5.92 Å². The van der Waals surface area contributed by atoms with Crippen molar-refractivity contribution in [2.24, 2.45) is 16.8 Å². The van der Waals surface area contributed by atoms with Gasteiger partial charge in [-0.2, -0.15) is 0 Å². The van der Waals surface area contributed by atoms with E-state index in [1.54, 1.807) is 7.11 Å². The fraction of sp³-hybridized carbons (Fsp3) is 0.533. The van der Waals surface area contributed by atoms with E-state index in [4.69, 9.17) is 15.7 Å². The van der Waals surface area contributed by atoms with Crippen molar-refractivity contribution >= 4 is 11.5 Å². The van der Waals surface area contributed by atoms with Crippen molar-refractivity contribution < 1.29 is 9.94 Å². The summed E-state index contributed by atoms with van der Waals surface area (Å²) in [5.41, 5.74) is 7.53. The van der Waals surface area contributed by atoms with E-state index in [2.05, 4.69) is 17.0 Å². The van der Waals surface area contributed by atoms with Crippen molar-refractivity contribution in [1.82, 2.24) is 0 Å². The summed E-state index contributed by atoms with van der Waals surface area (Å²) in [5.74, 6) is 1.63. The summed E-state index contributed by atoms with van der Waals surface area (Å²) in [6, 6.07) is 5.64. The molecule has 0 bridgehead atoms. The summed E-state index contributed by atoms with van der Waals surface area (Å²) < 4.78 is 5.30. The molecule has 0 spiro atoms. The van der Waals surface area contributed by atoms with Crippen LogP contribution in [0.1, 0.15) is 31.7 Å². The number of nitrogens with zero attached hydrogens (tertiary/aromatic N) is 2. The molecular weight excluding hydrogens is 254 g/mol. The van der Waals surface area contributed by atoms with Crippen LogP contribution in [0.3, 0.4) is 0 Å². The van der Waals surface area contributed by atoms with Gasteiger partial charge in [0.05, 0.1) is 12.8 Å². The number of ether oxygens (including phenoxy) is 1. The first-order valence-corrected chi connectivity index (χ1v) is 7.10. The third kappa shape index (κ3) is 2.98. The van der Waals surface area contributed by atoms with Gasteiger partial charge in [-0.05, 0) is 30.9 Å². The molecule has 0 aromatic heterocycles. The monoisotopic (exact) mass is 277 g/mol. The molecule has 1 fully saturated rings. The lowest BCUT2D eigenvalue weighted by atomic mass is 9.94. The lowest BCUT2D eigenvalue weighted by Crippen LogP contribution is -2.36. The summed E-state index contributed by atoms with van der Waals surface area (Å²) in [7, 11) is 1.65. The van der Waals surface area contributed by atoms with Crippen molar-refractivity contribution in [3.63, 3.8) is 0 Å². The number of amidine groups is 1. The zero-order chi connectivity index (χ0) is 14.5. The molecule has 20 heavy (non-hydrogen) atoms. The van der Waals surface area contributed by atoms with Gasteiger partial charge < -0.3 is 20.6 Å². The summed E-state index contributed by atoms with van der Waals surface area (Å²) >= 11 is 0. The topological polar surface area (TPSA) is 71.1 Å². The average molecular weight is 277 g/mol. The number of anilines is 1. The van der Waals surface area contributed by atoms with Gasteiger partial charge in [0, 0.05) is 24.7 Å². The summed E-state index contributed by atoms with van der Waals surface area (Å²) in [6.07, 6.45) is 3.63. The Morgan fingerprint density at radius 3 is 3.00 bits per heavy atom. The van der Waals surface area contributed by atoms with Crippen molar-refractivity contribution in [3.8, 4) is 5.75 Å². The number of rotatable bonds is 4. The van der Waals surface area contributed by atoms with E-state index in [1.807, 2.05) is 18.2 Å². The molecule has 0 saturated carbocycles. The smallest absolute Gasteiger partial charge is 0.172 e. The predicted octanol–water partition coefficient (Wildman–Crippen LogP) is 2.42. The number of benzene rings is 1. The van der Waals surface area contributed by atoms with Crippen LogP contribution >= 0.6 is 0 Å². The Bertz CT molecular complexity index is 488. The van der Waals surface area contributed by atoms with Gasteiger partial charge in [0.2, 0.25) is 0 Å². The average Bonchev–Trinajstić information content (AvgIpc) is 2.53. The molecular formula is C15H23N3O2. The Morgan fingerprint density at radius 2 is 2.35 bits per heavy atom. The minimum atomic E-state index is 0.140. The van der Waals surface area contributed by atoms with Crippen LogP contribution in [0, 0.1) is 5.92 Å². The maximum absolute atomic E-state index is 8.95. The quantitative estimate of drug-likeness (QED) is 0.384. The molecule has 1 aliphatic rings. The Kier molecular flexibility index (Phi) is 4.71. The number of methoxy groups -OCH3 is 1. The zero-order valence-electron chi connectivity index (χ0n) is 12.2. The highest BCUT2D eigenvalue weighted by Crippen LogP contribution is 2.30. The van der Waals surface area contributed by atoms with Gasteiger partial charge in [-0.15, -0.1) is 0 Å². The molecule has 1 unspecified atom stereocenters. The second-order valence-corrected chi connectivity index (χ2v) is 5.23. The first kappa shape index (κ1) is 14.5. The van der Waals surface area contributed by atoms with Gasteiger partial charge in [-0.25, -0.2) is 0 Å². The molecule has 1 aliphatic heterocycles. The van der Waals surface area contributed by atoms with Crippen LogP contribution in [0.15, 0.2) is 23.4 Å². The SMILES string of the molecule is CCC1CCCN(c2cc(OC)ccc2/C(N)=N/O)C1. The maximum Gasteiger partial charge on any atom is 0.172 e. The van der Waals surface area contributed by atoms with Crippen LogP contribution in [-0.2, 0) is 0 Å². The normalized spacial score (nSPS) is 20.0. The number of piperidine rings is 1. The Labute approximate surface area is 120 Å². The van der Waals surface area contributed by atoms with Crippen LogP contribution in [0.5, 0.6) is 5.75 Å². The van der Waals surface area contributed by atoms with Crippen LogP contribution < -0.4 is 15.4 Å². The number of oxime groups is 1. The zero-order valence-corrected chi connectivity index (χ0v) is 12.2. The lowest BCUT2D eigenvalue weighted by molar-refractivity contribution is 0.318. The molecule has 5 nitrogen and oxygen atoms in total. The van der Waals surface area contributed by atoms with E-state index in [9.17, 15) is 0 Å². The minimum absolute atomic E-state index is 0.140. The molecule has 1 saturated heterocycles. The maximum atomic E-state index is 8.95. The summed E-state index contributed by atoms with van der Waals surface area (Å²) in [6.45, 7) is 4.23. The van der Waals surface area contributed by atoms with E-state index in [1.165, 1.54) is 19.3 Å². The minimum Gasteiger partial charge on any atom is -0.497 e. The van der Waals surface area contributed by atoms with Gasteiger partial charge in [-0.3, -0.25) is 0 Å². The standard InChI is InChI=1S/C15H23N3O2/c1-3-11-5-4-8-18(10-11)14-9-12(20-2)6-7-13(14)15(16)17-19/h6-7,9,11,19H,3-5,8,10H2,1-2H3,(H2,16,17). The lowest BCUT2D eigenvalue weighted by Gasteiger charge is -2.35. The molecule has 3 N–H and O–H groups in total. The van der Waals surface area contributed by atoms with Crippen LogP contribution in [-0.4, -0.2) is 31.2 Å².